The fourth-order valence-electron chi connectivity index (χ4n) is 2.04. The van der Waals surface area contributed by atoms with Crippen molar-refractivity contribution in [3.8, 4) is 11.5 Å². The van der Waals surface area contributed by atoms with E-state index in [4.69, 9.17) is 14.2 Å². The molecule has 0 aliphatic carbocycles. The van der Waals surface area contributed by atoms with E-state index in [0.29, 0.717) is 19.0 Å². The zero-order chi connectivity index (χ0) is 17.2. The summed E-state index contributed by atoms with van der Waals surface area (Å²) in [4.78, 5) is 15.8. The highest BCUT2D eigenvalue weighted by molar-refractivity contribution is 5.73. The van der Waals surface area contributed by atoms with Gasteiger partial charge in [-0.2, -0.15) is 0 Å². The van der Waals surface area contributed by atoms with Gasteiger partial charge in [0.05, 0.1) is 6.61 Å². The fraction of sp³-hybridized carbons (Fsp3) is 0.368. The van der Waals surface area contributed by atoms with Gasteiger partial charge in [-0.25, -0.2) is 4.79 Å². The molecule has 2 rings (SSSR count). The van der Waals surface area contributed by atoms with Gasteiger partial charge in [-0.1, -0.05) is 13.0 Å². The predicted octanol–water partition coefficient (Wildman–Crippen LogP) is 3.21. The van der Waals surface area contributed by atoms with Crippen molar-refractivity contribution in [1.29, 1.82) is 0 Å². The number of aromatic nitrogens is 1. The highest BCUT2D eigenvalue weighted by atomic mass is 16.6. The lowest BCUT2D eigenvalue weighted by molar-refractivity contribution is -0.139. The molecule has 0 unspecified atom stereocenters. The molecule has 1 aromatic carbocycles. The maximum absolute atomic E-state index is 11.4. The van der Waals surface area contributed by atoms with E-state index in [1.165, 1.54) is 5.56 Å². The quantitative estimate of drug-likeness (QED) is 0.522. The molecule has 0 radical (unpaired) electrons. The highest BCUT2D eigenvalue weighted by Crippen LogP contribution is 2.18. The van der Waals surface area contributed by atoms with Crippen molar-refractivity contribution in [2.45, 2.75) is 26.7 Å². The van der Waals surface area contributed by atoms with Crippen LogP contribution in [0.2, 0.25) is 0 Å². The Morgan fingerprint density at radius 3 is 2.42 bits per heavy atom. The topological polar surface area (TPSA) is 57.7 Å². The third-order valence-corrected chi connectivity index (χ3v) is 3.40. The second kappa shape index (κ2) is 9.67. The van der Waals surface area contributed by atoms with Gasteiger partial charge in [0.15, 0.2) is 0 Å². The zero-order valence-electron chi connectivity index (χ0n) is 14.2. The summed E-state index contributed by atoms with van der Waals surface area (Å²) in [5.41, 5.74) is 2.24. The largest absolute Gasteiger partial charge is 0.493 e. The molecule has 1 aromatic heterocycles. The van der Waals surface area contributed by atoms with E-state index in [1.54, 1.807) is 24.3 Å². The number of esters is 1. The first kappa shape index (κ1) is 17.9. The second-order valence-corrected chi connectivity index (χ2v) is 5.19. The van der Waals surface area contributed by atoms with Crippen LogP contribution in [0.25, 0.3) is 0 Å². The van der Waals surface area contributed by atoms with Crippen molar-refractivity contribution >= 4 is 5.97 Å². The number of carbonyl (C=O) groups excluding carboxylic acids is 1. The number of aryl methyl sites for hydroxylation is 1. The van der Waals surface area contributed by atoms with Crippen molar-refractivity contribution in [3.05, 3.63) is 53.9 Å². The number of nitrogens with zero attached hydrogens (tertiary/aromatic N) is 1. The lowest BCUT2D eigenvalue weighted by atomic mass is 10.2. The average Bonchev–Trinajstić information content (AvgIpc) is 2.62. The number of benzene rings is 1. The molecule has 0 saturated carbocycles. The molecule has 1 heterocycles. The maximum Gasteiger partial charge on any atom is 0.337 e. The Morgan fingerprint density at radius 1 is 1.04 bits per heavy atom. The Hall–Kier alpha value is -2.40. The Bertz CT molecular complexity index is 623. The summed E-state index contributed by atoms with van der Waals surface area (Å²) in [6, 6.07) is 11.1. The molecule has 0 atom stereocenters. The van der Waals surface area contributed by atoms with Gasteiger partial charge in [-0.3, -0.25) is 4.98 Å². The molecular formula is C19H23NO4. The third kappa shape index (κ3) is 6.01. The number of ether oxygens (including phenoxy) is 3. The van der Waals surface area contributed by atoms with Crippen LogP contribution in [0.5, 0.6) is 11.5 Å². The first-order chi connectivity index (χ1) is 11.7. The van der Waals surface area contributed by atoms with E-state index >= 15 is 0 Å². The van der Waals surface area contributed by atoms with E-state index in [2.05, 4.69) is 18.0 Å². The van der Waals surface area contributed by atoms with Crippen LogP contribution in [0, 0.1) is 0 Å². The number of carbonyl (C=O) groups is 1. The van der Waals surface area contributed by atoms with Crippen LogP contribution in [0.1, 0.15) is 25.1 Å². The summed E-state index contributed by atoms with van der Waals surface area (Å²) in [6.07, 6.45) is 3.64. The van der Waals surface area contributed by atoms with Crippen molar-refractivity contribution in [3.63, 3.8) is 0 Å². The Balaban J connectivity index is 1.75. The van der Waals surface area contributed by atoms with Crippen molar-refractivity contribution in [2.75, 3.05) is 19.8 Å². The summed E-state index contributed by atoms with van der Waals surface area (Å²) in [6.45, 7) is 4.92. The third-order valence-electron chi connectivity index (χ3n) is 3.40. The predicted molar refractivity (Wildman–Crippen MR) is 91.4 cm³/mol. The molecule has 2 aromatic rings. The molecule has 0 amide bonds. The molecule has 5 heteroatoms. The van der Waals surface area contributed by atoms with E-state index in [1.807, 2.05) is 19.2 Å². The molecule has 0 bridgehead atoms. The monoisotopic (exact) mass is 329 g/mol. The van der Waals surface area contributed by atoms with E-state index in [-0.39, 0.29) is 6.61 Å². The minimum atomic E-state index is -0.410. The molecule has 5 nitrogen and oxygen atoms in total. The van der Waals surface area contributed by atoms with Gasteiger partial charge >= 0.3 is 5.97 Å². The minimum absolute atomic E-state index is 0.0431. The van der Waals surface area contributed by atoms with Gasteiger partial charge < -0.3 is 14.2 Å². The van der Waals surface area contributed by atoms with Crippen molar-refractivity contribution in [1.82, 2.24) is 4.98 Å². The van der Waals surface area contributed by atoms with Crippen LogP contribution in [0.4, 0.5) is 0 Å². The minimum Gasteiger partial charge on any atom is -0.493 e. The van der Waals surface area contributed by atoms with E-state index in [9.17, 15) is 4.79 Å². The second-order valence-electron chi connectivity index (χ2n) is 5.19. The molecule has 0 aliphatic heterocycles. The van der Waals surface area contributed by atoms with Crippen LogP contribution in [-0.2, 0) is 22.4 Å². The van der Waals surface area contributed by atoms with Gasteiger partial charge in [0, 0.05) is 24.9 Å². The summed E-state index contributed by atoms with van der Waals surface area (Å²) in [7, 11) is 0. The SMILES string of the molecule is CCOCC(=O)Oc1ccc(OCCc2ccc(CC)cn2)cc1. The first-order valence-corrected chi connectivity index (χ1v) is 8.16. The summed E-state index contributed by atoms with van der Waals surface area (Å²) in [5.74, 6) is 0.792. The standard InChI is InChI=1S/C19H23NO4/c1-3-15-5-6-16(20-13-15)11-12-23-17-7-9-18(10-8-17)24-19(21)14-22-4-2/h5-10,13H,3-4,11-12,14H2,1-2H3. The number of rotatable bonds is 9. The molecule has 0 N–H and O–H groups in total. The molecular weight excluding hydrogens is 306 g/mol. The van der Waals surface area contributed by atoms with Gasteiger partial charge in [-0.15, -0.1) is 0 Å². The van der Waals surface area contributed by atoms with Gasteiger partial charge in [0.2, 0.25) is 0 Å². The Labute approximate surface area is 142 Å². The van der Waals surface area contributed by atoms with Crippen molar-refractivity contribution < 1.29 is 19.0 Å². The highest BCUT2D eigenvalue weighted by Gasteiger charge is 2.05. The van der Waals surface area contributed by atoms with Crippen LogP contribution in [0.3, 0.4) is 0 Å². The number of hydrogen-bond donors (Lipinski definition) is 0. The maximum atomic E-state index is 11.4. The Kier molecular flexibility index (Phi) is 7.23. The lowest BCUT2D eigenvalue weighted by Gasteiger charge is -2.08. The summed E-state index contributed by atoms with van der Waals surface area (Å²) in [5, 5.41) is 0. The number of hydrogen-bond acceptors (Lipinski definition) is 5. The van der Waals surface area contributed by atoms with Gasteiger partial charge in [0.1, 0.15) is 18.1 Å². The van der Waals surface area contributed by atoms with Crippen molar-refractivity contribution in [2.24, 2.45) is 0 Å². The molecule has 0 saturated heterocycles. The van der Waals surface area contributed by atoms with Gasteiger partial charge in [-0.05, 0) is 49.2 Å². The van der Waals surface area contributed by atoms with E-state index < -0.39 is 5.97 Å². The number of pyridine rings is 1. The zero-order valence-corrected chi connectivity index (χ0v) is 14.2. The van der Waals surface area contributed by atoms with E-state index in [0.717, 1.165) is 24.3 Å². The van der Waals surface area contributed by atoms with Crippen LogP contribution in [-0.4, -0.2) is 30.8 Å². The van der Waals surface area contributed by atoms with Crippen LogP contribution >= 0.6 is 0 Å². The first-order valence-electron chi connectivity index (χ1n) is 8.16. The fourth-order valence-corrected chi connectivity index (χ4v) is 2.04. The van der Waals surface area contributed by atoms with Crippen LogP contribution < -0.4 is 9.47 Å². The Morgan fingerprint density at radius 2 is 1.79 bits per heavy atom. The average molecular weight is 329 g/mol. The molecule has 128 valence electrons. The normalized spacial score (nSPS) is 10.4. The molecule has 24 heavy (non-hydrogen) atoms. The smallest absolute Gasteiger partial charge is 0.337 e. The summed E-state index contributed by atoms with van der Waals surface area (Å²) < 4.78 is 15.8. The van der Waals surface area contributed by atoms with Crippen LogP contribution in [0.15, 0.2) is 42.6 Å². The lowest BCUT2D eigenvalue weighted by Crippen LogP contribution is -2.15. The molecule has 0 aliphatic rings. The molecule has 0 fully saturated rings. The molecule has 0 spiro atoms. The summed E-state index contributed by atoms with van der Waals surface area (Å²) >= 11 is 0. The van der Waals surface area contributed by atoms with Gasteiger partial charge in [0.25, 0.3) is 0 Å².